The molecule has 0 aliphatic carbocycles. The molecule has 0 saturated carbocycles. The van der Waals surface area contributed by atoms with Crippen LogP contribution in [-0.2, 0) is 11.4 Å². The Kier molecular flexibility index (Phi) is 8.76. The normalized spacial score (nSPS) is 11.9. The van der Waals surface area contributed by atoms with Crippen LogP contribution in [0.25, 0.3) is 0 Å². The molecule has 0 heterocycles. The van der Waals surface area contributed by atoms with E-state index in [9.17, 15) is 14.0 Å². The zero-order valence-corrected chi connectivity index (χ0v) is 19.6. The topological polar surface area (TPSA) is 79.8 Å². The van der Waals surface area contributed by atoms with Gasteiger partial charge in [-0.15, -0.1) is 0 Å². The Morgan fingerprint density at radius 3 is 2.26 bits per heavy atom. The van der Waals surface area contributed by atoms with Crippen LogP contribution in [0, 0.1) is 11.7 Å². The van der Waals surface area contributed by atoms with Gasteiger partial charge in [-0.1, -0.05) is 37.6 Å². The molecule has 3 aromatic rings. The van der Waals surface area contributed by atoms with Crippen LogP contribution in [-0.4, -0.2) is 24.1 Å². The average molecular weight is 482 g/mol. The van der Waals surface area contributed by atoms with E-state index in [0.717, 1.165) is 11.1 Å². The quantitative estimate of drug-likeness (QED) is 0.335. The lowest BCUT2D eigenvalue weighted by Gasteiger charge is -2.20. The molecule has 0 saturated heterocycles. The molecule has 0 aromatic heterocycles. The minimum absolute atomic E-state index is 0.184. The minimum Gasteiger partial charge on any atom is -0.489 e. The highest BCUT2D eigenvalue weighted by molar-refractivity contribution is 6.30. The molecule has 0 radical (unpaired) electrons. The highest BCUT2D eigenvalue weighted by Crippen LogP contribution is 2.15. The monoisotopic (exact) mass is 481 g/mol. The fourth-order valence-corrected chi connectivity index (χ4v) is 3.12. The Hall–Kier alpha value is -3.71. The number of amides is 2. The standard InChI is InChI=1S/C26H25ClFN3O3/c1-17(2)24(30-25(32)20-7-11-22(28)12-8-20)26(33)31-29-15-18-5-13-23(14-6-18)34-16-19-3-9-21(27)10-4-19/h3-15,17,24H,16H2,1-2H3,(H,30,32)(H,31,33). The summed E-state index contributed by atoms with van der Waals surface area (Å²) in [7, 11) is 0. The molecular weight excluding hydrogens is 457 g/mol. The van der Waals surface area contributed by atoms with Gasteiger partial charge in [0.05, 0.1) is 6.21 Å². The van der Waals surface area contributed by atoms with Crippen LogP contribution in [0.2, 0.25) is 5.02 Å². The molecule has 0 aliphatic rings. The van der Waals surface area contributed by atoms with Crippen LogP contribution in [0.15, 0.2) is 77.9 Å². The molecule has 3 aromatic carbocycles. The van der Waals surface area contributed by atoms with Crippen molar-refractivity contribution in [2.45, 2.75) is 26.5 Å². The van der Waals surface area contributed by atoms with Gasteiger partial charge in [0.2, 0.25) is 0 Å². The van der Waals surface area contributed by atoms with Gasteiger partial charge in [-0.3, -0.25) is 9.59 Å². The molecule has 8 heteroatoms. The third-order valence-electron chi connectivity index (χ3n) is 4.93. The highest BCUT2D eigenvalue weighted by atomic mass is 35.5. The van der Waals surface area contributed by atoms with Crippen LogP contribution in [0.1, 0.15) is 35.3 Å². The van der Waals surface area contributed by atoms with Crippen LogP contribution in [0.3, 0.4) is 0 Å². The Morgan fingerprint density at radius 1 is 1.00 bits per heavy atom. The van der Waals surface area contributed by atoms with Crippen molar-refractivity contribution in [3.63, 3.8) is 0 Å². The number of nitrogens with one attached hydrogen (secondary N) is 2. The van der Waals surface area contributed by atoms with Gasteiger partial charge in [0, 0.05) is 10.6 Å². The van der Waals surface area contributed by atoms with E-state index in [2.05, 4.69) is 15.8 Å². The van der Waals surface area contributed by atoms with Gasteiger partial charge >= 0.3 is 0 Å². The van der Waals surface area contributed by atoms with E-state index in [1.54, 1.807) is 12.1 Å². The Balaban J connectivity index is 1.52. The van der Waals surface area contributed by atoms with Gasteiger partial charge in [-0.05, 0) is 77.7 Å². The summed E-state index contributed by atoms with van der Waals surface area (Å²) in [5, 5.41) is 7.33. The lowest BCUT2D eigenvalue weighted by atomic mass is 10.0. The lowest BCUT2D eigenvalue weighted by Crippen LogP contribution is -2.48. The number of benzene rings is 3. The molecule has 0 fully saturated rings. The van der Waals surface area contributed by atoms with Crippen molar-refractivity contribution in [2.24, 2.45) is 11.0 Å². The number of hydrazone groups is 1. The number of halogens is 2. The fraction of sp³-hybridized carbons (Fsp3) is 0.192. The summed E-state index contributed by atoms with van der Waals surface area (Å²) in [6.45, 7) is 4.03. The zero-order chi connectivity index (χ0) is 24.5. The first kappa shape index (κ1) is 24.9. The molecule has 2 N–H and O–H groups in total. The van der Waals surface area contributed by atoms with Crippen LogP contribution in [0.4, 0.5) is 4.39 Å². The lowest BCUT2D eigenvalue weighted by molar-refractivity contribution is -0.123. The summed E-state index contributed by atoms with van der Waals surface area (Å²) in [4.78, 5) is 25.0. The third-order valence-corrected chi connectivity index (χ3v) is 5.18. The Bertz CT molecular complexity index is 1130. The van der Waals surface area contributed by atoms with Crippen molar-refractivity contribution in [3.8, 4) is 5.75 Å². The van der Waals surface area contributed by atoms with Crippen molar-refractivity contribution < 1.29 is 18.7 Å². The SMILES string of the molecule is CC(C)C(NC(=O)c1ccc(F)cc1)C(=O)NN=Cc1ccc(OCc2ccc(Cl)cc2)cc1. The molecule has 0 bridgehead atoms. The molecule has 3 rings (SSSR count). The Morgan fingerprint density at radius 2 is 1.65 bits per heavy atom. The minimum atomic E-state index is -0.807. The molecule has 0 spiro atoms. The van der Waals surface area contributed by atoms with E-state index in [1.807, 2.05) is 50.2 Å². The fourth-order valence-electron chi connectivity index (χ4n) is 3.00. The van der Waals surface area contributed by atoms with Crippen molar-refractivity contribution in [3.05, 3.63) is 100 Å². The number of hydrogen-bond donors (Lipinski definition) is 2. The second-order valence-electron chi connectivity index (χ2n) is 7.92. The van der Waals surface area contributed by atoms with Crippen molar-refractivity contribution in [1.82, 2.24) is 10.7 Å². The van der Waals surface area contributed by atoms with E-state index >= 15 is 0 Å². The maximum absolute atomic E-state index is 13.1. The summed E-state index contributed by atoms with van der Waals surface area (Å²) >= 11 is 5.88. The number of carbonyl (C=O) groups excluding carboxylic acids is 2. The number of hydrogen-bond acceptors (Lipinski definition) is 4. The van der Waals surface area contributed by atoms with Crippen LogP contribution >= 0.6 is 11.6 Å². The first-order chi connectivity index (χ1) is 16.3. The number of ether oxygens (including phenoxy) is 1. The van der Waals surface area contributed by atoms with E-state index in [0.29, 0.717) is 17.4 Å². The average Bonchev–Trinajstić information content (AvgIpc) is 2.83. The smallest absolute Gasteiger partial charge is 0.262 e. The van der Waals surface area contributed by atoms with Crippen LogP contribution in [0.5, 0.6) is 5.75 Å². The zero-order valence-electron chi connectivity index (χ0n) is 18.8. The van der Waals surface area contributed by atoms with Crippen molar-refractivity contribution in [1.29, 1.82) is 0 Å². The summed E-state index contributed by atoms with van der Waals surface area (Å²) < 4.78 is 18.8. The summed E-state index contributed by atoms with van der Waals surface area (Å²) in [6.07, 6.45) is 1.50. The van der Waals surface area contributed by atoms with Gasteiger partial charge in [0.1, 0.15) is 24.2 Å². The van der Waals surface area contributed by atoms with E-state index in [1.165, 1.54) is 30.5 Å². The van der Waals surface area contributed by atoms with Gasteiger partial charge in [0.15, 0.2) is 0 Å². The van der Waals surface area contributed by atoms with Crippen LogP contribution < -0.4 is 15.5 Å². The molecule has 2 amide bonds. The maximum atomic E-state index is 13.1. The molecule has 34 heavy (non-hydrogen) atoms. The van der Waals surface area contributed by atoms with E-state index in [4.69, 9.17) is 16.3 Å². The Labute approximate surface area is 202 Å². The van der Waals surface area contributed by atoms with Crippen molar-refractivity contribution in [2.75, 3.05) is 0 Å². The first-order valence-electron chi connectivity index (χ1n) is 10.7. The van der Waals surface area contributed by atoms with E-state index < -0.39 is 23.7 Å². The van der Waals surface area contributed by atoms with Gasteiger partial charge in [-0.25, -0.2) is 9.82 Å². The predicted octanol–water partition coefficient (Wildman–Crippen LogP) is 4.96. The molecule has 0 aliphatic heterocycles. The summed E-state index contributed by atoms with van der Waals surface area (Å²) in [6, 6.07) is 19.0. The molecular formula is C26H25ClFN3O3. The maximum Gasteiger partial charge on any atom is 0.262 e. The number of rotatable bonds is 9. The predicted molar refractivity (Wildman–Crippen MR) is 130 cm³/mol. The number of nitrogens with zero attached hydrogens (tertiary/aromatic N) is 1. The second-order valence-corrected chi connectivity index (χ2v) is 8.36. The summed E-state index contributed by atoms with van der Waals surface area (Å²) in [5.41, 5.74) is 4.49. The molecule has 1 unspecified atom stereocenters. The molecule has 1 atom stereocenters. The largest absolute Gasteiger partial charge is 0.489 e. The van der Waals surface area contributed by atoms with E-state index in [-0.39, 0.29) is 11.5 Å². The van der Waals surface area contributed by atoms with Crippen molar-refractivity contribution >= 4 is 29.6 Å². The summed E-state index contributed by atoms with van der Waals surface area (Å²) in [5.74, 6) is -0.849. The van der Waals surface area contributed by atoms with Gasteiger partial charge < -0.3 is 10.1 Å². The van der Waals surface area contributed by atoms with Gasteiger partial charge in [-0.2, -0.15) is 5.10 Å². The third kappa shape index (κ3) is 7.42. The molecule has 6 nitrogen and oxygen atoms in total. The first-order valence-corrected chi connectivity index (χ1v) is 11.1. The van der Waals surface area contributed by atoms with Gasteiger partial charge in [0.25, 0.3) is 11.8 Å². The molecule has 176 valence electrons. The second kappa shape index (κ2) is 12.0. The number of carbonyl (C=O) groups is 2. The highest BCUT2D eigenvalue weighted by Gasteiger charge is 2.24.